The SMILES string of the molecule is Cc1ccc(Cn2cc(CNC3CCCCCC3)c3ccccc32)cc1. The summed E-state index contributed by atoms with van der Waals surface area (Å²) < 4.78 is 2.41. The first-order valence-electron chi connectivity index (χ1n) is 10.2. The minimum atomic E-state index is 0.691. The van der Waals surface area contributed by atoms with Gasteiger partial charge in [0.2, 0.25) is 0 Å². The molecule has 1 fully saturated rings. The first-order valence-corrected chi connectivity index (χ1v) is 10.2. The lowest BCUT2D eigenvalue weighted by atomic mass is 10.1. The maximum Gasteiger partial charge on any atom is 0.0486 e. The third kappa shape index (κ3) is 4.02. The van der Waals surface area contributed by atoms with Crippen molar-refractivity contribution in [2.24, 2.45) is 0 Å². The zero-order chi connectivity index (χ0) is 17.8. The van der Waals surface area contributed by atoms with Gasteiger partial charge in [-0.1, -0.05) is 73.7 Å². The Morgan fingerprint density at radius 1 is 0.923 bits per heavy atom. The molecule has 1 N–H and O–H groups in total. The van der Waals surface area contributed by atoms with Gasteiger partial charge in [-0.05, 0) is 37.0 Å². The normalized spacial score (nSPS) is 16.0. The zero-order valence-corrected chi connectivity index (χ0v) is 15.9. The number of hydrogen-bond donors (Lipinski definition) is 1. The van der Waals surface area contributed by atoms with E-state index in [2.05, 4.69) is 71.5 Å². The van der Waals surface area contributed by atoms with Crippen LogP contribution in [0, 0.1) is 6.92 Å². The summed E-state index contributed by atoms with van der Waals surface area (Å²) >= 11 is 0. The van der Waals surface area contributed by atoms with Crippen LogP contribution in [0.15, 0.2) is 54.7 Å². The minimum absolute atomic E-state index is 0.691. The molecule has 0 unspecified atom stereocenters. The molecule has 2 nitrogen and oxygen atoms in total. The van der Waals surface area contributed by atoms with E-state index in [9.17, 15) is 0 Å². The standard InChI is InChI=1S/C24H30N2/c1-19-12-14-20(15-13-19)17-26-18-21(23-10-6-7-11-24(23)26)16-25-22-8-4-2-3-5-9-22/h6-7,10-15,18,22,25H,2-5,8-9,16-17H2,1H3. The van der Waals surface area contributed by atoms with Crippen LogP contribution < -0.4 is 5.32 Å². The Morgan fingerprint density at radius 2 is 1.65 bits per heavy atom. The quantitative estimate of drug-likeness (QED) is 0.577. The van der Waals surface area contributed by atoms with Gasteiger partial charge in [-0.25, -0.2) is 0 Å². The molecule has 1 saturated carbocycles. The maximum atomic E-state index is 3.84. The van der Waals surface area contributed by atoms with Crippen LogP contribution in [0.25, 0.3) is 10.9 Å². The van der Waals surface area contributed by atoms with E-state index in [1.807, 2.05) is 0 Å². The summed E-state index contributed by atoms with van der Waals surface area (Å²) in [7, 11) is 0. The van der Waals surface area contributed by atoms with Crippen molar-refractivity contribution in [2.75, 3.05) is 0 Å². The van der Waals surface area contributed by atoms with Crippen molar-refractivity contribution in [1.29, 1.82) is 0 Å². The van der Waals surface area contributed by atoms with Crippen LogP contribution >= 0.6 is 0 Å². The van der Waals surface area contributed by atoms with Crippen molar-refractivity contribution < 1.29 is 0 Å². The van der Waals surface area contributed by atoms with Crippen LogP contribution in [-0.4, -0.2) is 10.6 Å². The van der Waals surface area contributed by atoms with Gasteiger partial charge in [0.25, 0.3) is 0 Å². The van der Waals surface area contributed by atoms with Crippen molar-refractivity contribution in [3.8, 4) is 0 Å². The molecule has 2 aromatic carbocycles. The summed E-state index contributed by atoms with van der Waals surface area (Å²) in [6.07, 6.45) is 10.6. The van der Waals surface area contributed by atoms with Crippen molar-refractivity contribution in [1.82, 2.24) is 9.88 Å². The predicted octanol–water partition coefficient (Wildman–Crippen LogP) is 5.81. The van der Waals surface area contributed by atoms with Crippen LogP contribution in [-0.2, 0) is 13.1 Å². The van der Waals surface area contributed by atoms with Gasteiger partial charge in [0.05, 0.1) is 0 Å². The minimum Gasteiger partial charge on any atom is -0.343 e. The highest BCUT2D eigenvalue weighted by Gasteiger charge is 2.13. The molecule has 0 amide bonds. The first kappa shape index (κ1) is 17.4. The van der Waals surface area contributed by atoms with Gasteiger partial charge >= 0.3 is 0 Å². The number of rotatable bonds is 5. The number of nitrogens with zero attached hydrogens (tertiary/aromatic N) is 1. The molecule has 2 heteroatoms. The molecule has 0 aliphatic heterocycles. The Morgan fingerprint density at radius 3 is 2.42 bits per heavy atom. The highest BCUT2D eigenvalue weighted by Crippen LogP contribution is 2.24. The van der Waals surface area contributed by atoms with E-state index in [1.165, 1.54) is 66.1 Å². The molecule has 1 aromatic heterocycles. The molecule has 3 aromatic rings. The van der Waals surface area contributed by atoms with Crippen LogP contribution in [0.4, 0.5) is 0 Å². The number of aryl methyl sites for hydroxylation is 1. The van der Waals surface area contributed by atoms with Gasteiger partial charge in [-0.15, -0.1) is 0 Å². The van der Waals surface area contributed by atoms with Crippen molar-refractivity contribution in [3.63, 3.8) is 0 Å². The van der Waals surface area contributed by atoms with E-state index in [0.717, 1.165) is 13.1 Å². The summed E-state index contributed by atoms with van der Waals surface area (Å²) in [5, 5.41) is 5.23. The third-order valence-corrected chi connectivity index (χ3v) is 5.78. The fourth-order valence-corrected chi connectivity index (χ4v) is 4.22. The number of para-hydroxylation sites is 1. The molecule has 1 aliphatic rings. The fourth-order valence-electron chi connectivity index (χ4n) is 4.22. The lowest BCUT2D eigenvalue weighted by Crippen LogP contribution is -2.27. The summed E-state index contributed by atoms with van der Waals surface area (Å²) in [5.74, 6) is 0. The summed E-state index contributed by atoms with van der Waals surface area (Å²) in [5.41, 5.74) is 5.45. The topological polar surface area (TPSA) is 17.0 Å². The highest BCUT2D eigenvalue weighted by molar-refractivity contribution is 5.84. The fraction of sp³-hybridized carbons (Fsp3) is 0.417. The van der Waals surface area contributed by atoms with E-state index < -0.39 is 0 Å². The second kappa shape index (κ2) is 8.09. The van der Waals surface area contributed by atoms with Gasteiger partial charge in [0.15, 0.2) is 0 Å². The Kier molecular flexibility index (Phi) is 5.40. The number of aromatic nitrogens is 1. The highest BCUT2D eigenvalue weighted by atomic mass is 15.0. The number of nitrogens with one attached hydrogen (secondary N) is 1. The van der Waals surface area contributed by atoms with Crippen LogP contribution in [0.3, 0.4) is 0 Å². The molecule has 1 heterocycles. The molecule has 0 saturated heterocycles. The zero-order valence-electron chi connectivity index (χ0n) is 15.9. The summed E-state index contributed by atoms with van der Waals surface area (Å²) in [6, 6.07) is 18.4. The third-order valence-electron chi connectivity index (χ3n) is 5.78. The Bertz CT molecular complexity index is 836. The second-order valence-corrected chi connectivity index (χ2v) is 7.85. The second-order valence-electron chi connectivity index (χ2n) is 7.85. The average molecular weight is 347 g/mol. The largest absolute Gasteiger partial charge is 0.343 e. The lowest BCUT2D eigenvalue weighted by Gasteiger charge is -2.15. The molecule has 1 aliphatic carbocycles. The van der Waals surface area contributed by atoms with Crippen molar-refractivity contribution in [2.45, 2.75) is 64.6 Å². The van der Waals surface area contributed by atoms with Gasteiger partial charge < -0.3 is 9.88 Å². The average Bonchev–Trinajstić information content (AvgIpc) is 2.83. The summed E-state index contributed by atoms with van der Waals surface area (Å²) in [6.45, 7) is 4.06. The Labute approximate surface area is 157 Å². The van der Waals surface area contributed by atoms with Gasteiger partial charge in [0.1, 0.15) is 0 Å². The van der Waals surface area contributed by atoms with Crippen molar-refractivity contribution in [3.05, 3.63) is 71.4 Å². The summed E-state index contributed by atoms with van der Waals surface area (Å²) in [4.78, 5) is 0. The molecule has 136 valence electrons. The smallest absolute Gasteiger partial charge is 0.0486 e. The number of hydrogen-bond acceptors (Lipinski definition) is 1. The van der Waals surface area contributed by atoms with E-state index in [4.69, 9.17) is 0 Å². The van der Waals surface area contributed by atoms with Crippen LogP contribution in [0.5, 0.6) is 0 Å². The molecule has 0 atom stereocenters. The van der Waals surface area contributed by atoms with Gasteiger partial charge in [0, 0.05) is 36.2 Å². The predicted molar refractivity (Wildman–Crippen MR) is 111 cm³/mol. The molecule has 4 rings (SSSR count). The maximum absolute atomic E-state index is 3.84. The monoisotopic (exact) mass is 346 g/mol. The first-order chi connectivity index (χ1) is 12.8. The van der Waals surface area contributed by atoms with E-state index in [-0.39, 0.29) is 0 Å². The molecule has 0 bridgehead atoms. The number of fused-ring (bicyclic) bond motifs is 1. The van der Waals surface area contributed by atoms with Crippen molar-refractivity contribution >= 4 is 10.9 Å². The van der Waals surface area contributed by atoms with Crippen LogP contribution in [0.2, 0.25) is 0 Å². The molecular formula is C24H30N2. The molecule has 26 heavy (non-hydrogen) atoms. The van der Waals surface area contributed by atoms with E-state index >= 15 is 0 Å². The molecule has 0 spiro atoms. The Hall–Kier alpha value is -2.06. The van der Waals surface area contributed by atoms with Gasteiger partial charge in [-0.2, -0.15) is 0 Å². The van der Waals surface area contributed by atoms with E-state index in [1.54, 1.807) is 0 Å². The number of benzene rings is 2. The van der Waals surface area contributed by atoms with E-state index in [0.29, 0.717) is 6.04 Å². The molecule has 0 radical (unpaired) electrons. The Balaban J connectivity index is 1.54. The van der Waals surface area contributed by atoms with Crippen LogP contribution in [0.1, 0.15) is 55.2 Å². The lowest BCUT2D eigenvalue weighted by molar-refractivity contribution is 0.459. The molecular weight excluding hydrogens is 316 g/mol. The van der Waals surface area contributed by atoms with Gasteiger partial charge in [-0.3, -0.25) is 0 Å².